The van der Waals surface area contributed by atoms with Crippen molar-refractivity contribution >= 4 is 11.9 Å². The molecule has 1 aliphatic rings. The topological polar surface area (TPSA) is 84.9 Å². The molecule has 1 heterocycles. The lowest BCUT2D eigenvalue weighted by Gasteiger charge is -2.23. The highest BCUT2D eigenvalue weighted by Gasteiger charge is 2.44. The molecule has 1 unspecified atom stereocenters. The summed E-state index contributed by atoms with van der Waals surface area (Å²) in [6, 6.07) is 6.67. The largest absolute Gasteiger partial charge is 0.491 e. The molecule has 1 fully saturated rings. The Morgan fingerprint density at radius 1 is 1.43 bits per heavy atom. The van der Waals surface area contributed by atoms with Crippen LogP contribution in [0.15, 0.2) is 24.3 Å². The average Bonchev–Trinajstić information content (AvgIpc) is 2.88. The maximum absolute atomic E-state index is 12.3. The zero-order valence-electron chi connectivity index (χ0n) is 12.1. The molecule has 1 atom stereocenters. The molecule has 2 rings (SSSR count). The number of benzene rings is 1. The van der Waals surface area contributed by atoms with Gasteiger partial charge in [-0.1, -0.05) is 6.07 Å². The molecule has 6 nitrogen and oxygen atoms in total. The van der Waals surface area contributed by atoms with E-state index in [9.17, 15) is 14.7 Å². The molecule has 0 bridgehead atoms. The zero-order chi connectivity index (χ0) is 15.5. The third kappa shape index (κ3) is 3.52. The van der Waals surface area contributed by atoms with Gasteiger partial charge in [0.2, 0.25) is 0 Å². The van der Waals surface area contributed by atoms with E-state index in [-0.39, 0.29) is 19.1 Å². The van der Waals surface area contributed by atoms with Crippen LogP contribution in [0, 0.1) is 0 Å². The zero-order valence-corrected chi connectivity index (χ0v) is 12.1. The molecule has 21 heavy (non-hydrogen) atoms. The van der Waals surface area contributed by atoms with E-state index >= 15 is 0 Å². The van der Waals surface area contributed by atoms with E-state index in [0.29, 0.717) is 17.9 Å². The van der Waals surface area contributed by atoms with Gasteiger partial charge in [-0.05, 0) is 32.0 Å². The molecule has 1 aromatic carbocycles. The van der Waals surface area contributed by atoms with Crippen LogP contribution >= 0.6 is 0 Å². The van der Waals surface area contributed by atoms with Crippen molar-refractivity contribution in [3.05, 3.63) is 29.8 Å². The summed E-state index contributed by atoms with van der Waals surface area (Å²) < 4.78 is 10.6. The monoisotopic (exact) mass is 293 g/mol. The highest BCUT2D eigenvalue weighted by Crippen LogP contribution is 2.21. The van der Waals surface area contributed by atoms with Crippen LogP contribution in [0.2, 0.25) is 0 Å². The van der Waals surface area contributed by atoms with E-state index in [4.69, 9.17) is 9.47 Å². The molecule has 1 aromatic rings. The lowest BCUT2D eigenvalue weighted by molar-refractivity contribution is -0.144. The van der Waals surface area contributed by atoms with Crippen LogP contribution in [-0.2, 0) is 9.53 Å². The minimum Gasteiger partial charge on any atom is -0.491 e. The van der Waals surface area contributed by atoms with E-state index in [2.05, 4.69) is 5.32 Å². The van der Waals surface area contributed by atoms with Gasteiger partial charge in [-0.2, -0.15) is 0 Å². The SMILES string of the molecule is CC(C)Oc1cccc(C(=O)NC2(C(=O)O)CCOC2)c1. The molecule has 1 amide bonds. The van der Waals surface area contributed by atoms with Gasteiger partial charge in [0.25, 0.3) is 5.91 Å². The van der Waals surface area contributed by atoms with Gasteiger partial charge in [0, 0.05) is 18.6 Å². The minimum absolute atomic E-state index is 0.00287. The van der Waals surface area contributed by atoms with Gasteiger partial charge in [-0.3, -0.25) is 4.79 Å². The molecule has 0 saturated carbocycles. The van der Waals surface area contributed by atoms with Crippen molar-refractivity contribution in [2.75, 3.05) is 13.2 Å². The second-order valence-corrected chi connectivity index (χ2v) is 5.34. The van der Waals surface area contributed by atoms with E-state index in [1.165, 1.54) is 0 Å². The predicted molar refractivity (Wildman–Crippen MR) is 75.5 cm³/mol. The molecular formula is C15H19NO5. The van der Waals surface area contributed by atoms with Crippen LogP contribution in [0.1, 0.15) is 30.6 Å². The fraction of sp³-hybridized carbons (Fsp3) is 0.467. The molecule has 1 aliphatic heterocycles. The molecule has 6 heteroatoms. The summed E-state index contributed by atoms with van der Waals surface area (Å²) in [7, 11) is 0. The Morgan fingerprint density at radius 2 is 2.19 bits per heavy atom. The molecule has 0 aliphatic carbocycles. The van der Waals surface area contributed by atoms with Gasteiger partial charge in [0.05, 0.1) is 12.7 Å². The van der Waals surface area contributed by atoms with Gasteiger partial charge >= 0.3 is 5.97 Å². The van der Waals surface area contributed by atoms with Gasteiger partial charge in [0.15, 0.2) is 5.54 Å². The number of amides is 1. The number of carbonyl (C=O) groups is 2. The van der Waals surface area contributed by atoms with E-state index in [1.54, 1.807) is 24.3 Å². The Balaban J connectivity index is 2.14. The van der Waals surface area contributed by atoms with E-state index in [0.717, 1.165) is 0 Å². The summed E-state index contributed by atoms with van der Waals surface area (Å²) in [6.07, 6.45) is 0.257. The summed E-state index contributed by atoms with van der Waals surface area (Å²) in [5, 5.41) is 11.9. The normalized spacial score (nSPS) is 21.3. The lowest BCUT2D eigenvalue weighted by atomic mass is 9.98. The highest BCUT2D eigenvalue weighted by molar-refractivity contribution is 5.98. The van der Waals surface area contributed by atoms with Crippen molar-refractivity contribution in [3.8, 4) is 5.75 Å². The number of carboxylic acid groups (broad SMARTS) is 1. The summed E-state index contributed by atoms with van der Waals surface area (Å²) in [5.41, 5.74) is -0.980. The molecule has 0 aromatic heterocycles. The van der Waals surface area contributed by atoms with Crippen LogP contribution < -0.4 is 10.1 Å². The third-order valence-corrected chi connectivity index (χ3v) is 3.25. The molecule has 2 N–H and O–H groups in total. The number of nitrogens with one attached hydrogen (secondary N) is 1. The average molecular weight is 293 g/mol. The fourth-order valence-corrected chi connectivity index (χ4v) is 2.16. The minimum atomic E-state index is -1.34. The number of carbonyl (C=O) groups excluding carboxylic acids is 1. The first kappa shape index (κ1) is 15.3. The van der Waals surface area contributed by atoms with Crippen molar-refractivity contribution in [2.24, 2.45) is 0 Å². The number of rotatable bonds is 5. The molecule has 1 saturated heterocycles. The quantitative estimate of drug-likeness (QED) is 0.858. The lowest BCUT2D eigenvalue weighted by Crippen LogP contribution is -2.55. The predicted octanol–water partition coefficient (Wildman–Crippen LogP) is 1.45. The Bertz CT molecular complexity index is 535. The first-order chi connectivity index (χ1) is 9.93. The fourth-order valence-electron chi connectivity index (χ4n) is 2.16. The van der Waals surface area contributed by atoms with Crippen molar-refractivity contribution in [3.63, 3.8) is 0 Å². The maximum atomic E-state index is 12.3. The van der Waals surface area contributed by atoms with Gasteiger partial charge in [-0.25, -0.2) is 4.79 Å². The van der Waals surface area contributed by atoms with Crippen LogP contribution in [0.25, 0.3) is 0 Å². The Labute approximate surface area is 123 Å². The number of ether oxygens (including phenoxy) is 2. The Kier molecular flexibility index (Phi) is 4.47. The summed E-state index contributed by atoms with van der Waals surface area (Å²) in [5.74, 6) is -0.954. The molecular weight excluding hydrogens is 274 g/mol. The van der Waals surface area contributed by atoms with Gasteiger partial charge in [-0.15, -0.1) is 0 Å². The van der Waals surface area contributed by atoms with Crippen LogP contribution in [0.5, 0.6) is 5.75 Å². The summed E-state index contributed by atoms with van der Waals surface area (Å²) >= 11 is 0. The van der Waals surface area contributed by atoms with Crippen molar-refractivity contribution < 1.29 is 24.2 Å². The molecule has 0 spiro atoms. The van der Waals surface area contributed by atoms with E-state index in [1.807, 2.05) is 13.8 Å². The van der Waals surface area contributed by atoms with Crippen molar-refractivity contribution in [1.82, 2.24) is 5.32 Å². The number of aliphatic carboxylic acids is 1. The Morgan fingerprint density at radius 3 is 2.76 bits per heavy atom. The number of carboxylic acids is 1. The van der Waals surface area contributed by atoms with Crippen LogP contribution in [-0.4, -0.2) is 41.8 Å². The standard InChI is InChI=1S/C15H19NO5/c1-10(2)21-12-5-3-4-11(8-12)13(17)16-15(14(18)19)6-7-20-9-15/h3-5,8,10H,6-7,9H2,1-2H3,(H,16,17)(H,18,19). The number of hydrogen-bond donors (Lipinski definition) is 2. The van der Waals surface area contributed by atoms with Crippen LogP contribution in [0.3, 0.4) is 0 Å². The van der Waals surface area contributed by atoms with E-state index < -0.39 is 17.4 Å². The number of hydrogen-bond acceptors (Lipinski definition) is 4. The second-order valence-electron chi connectivity index (χ2n) is 5.34. The molecule has 114 valence electrons. The second kappa shape index (κ2) is 6.13. The van der Waals surface area contributed by atoms with Gasteiger partial charge in [0.1, 0.15) is 5.75 Å². The maximum Gasteiger partial charge on any atom is 0.331 e. The summed E-state index contributed by atoms with van der Waals surface area (Å²) in [6.45, 7) is 4.09. The first-order valence-electron chi connectivity index (χ1n) is 6.83. The smallest absolute Gasteiger partial charge is 0.331 e. The first-order valence-corrected chi connectivity index (χ1v) is 6.83. The van der Waals surface area contributed by atoms with Crippen LogP contribution in [0.4, 0.5) is 0 Å². The third-order valence-electron chi connectivity index (χ3n) is 3.25. The highest BCUT2D eigenvalue weighted by atomic mass is 16.5. The Hall–Kier alpha value is -2.08. The molecule has 0 radical (unpaired) electrons. The van der Waals surface area contributed by atoms with Crippen molar-refractivity contribution in [1.29, 1.82) is 0 Å². The summed E-state index contributed by atoms with van der Waals surface area (Å²) in [4.78, 5) is 23.6. The van der Waals surface area contributed by atoms with Crippen molar-refractivity contribution in [2.45, 2.75) is 31.9 Å². The van der Waals surface area contributed by atoms with Gasteiger partial charge < -0.3 is 19.9 Å².